The molecule has 27 heavy (non-hydrogen) atoms. The number of anilines is 1. The second kappa shape index (κ2) is 8.87. The minimum atomic E-state index is -0.465. The van der Waals surface area contributed by atoms with Crippen molar-refractivity contribution in [3.63, 3.8) is 0 Å². The molecule has 0 heterocycles. The number of carbonyl (C=O) groups excluding carboxylic acids is 1. The summed E-state index contributed by atoms with van der Waals surface area (Å²) in [5.74, 6) is 1.22. The summed E-state index contributed by atoms with van der Waals surface area (Å²) in [6.07, 6.45) is 0. The summed E-state index contributed by atoms with van der Waals surface area (Å²) in [7, 11) is 0. The summed E-state index contributed by atoms with van der Waals surface area (Å²) in [6.45, 7) is 1.80. The zero-order chi connectivity index (χ0) is 19.1. The molecule has 136 valence electrons. The van der Waals surface area contributed by atoms with Gasteiger partial charge in [0, 0.05) is 5.02 Å². The lowest BCUT2D eigenvalue weighted by Crippen LogP contribution is -2.25. The Morgan fingerprint density at radius 1 is 0.926 bits per heavy atom. The Morgan fingerprint density at radius 2 is 1.59 bits per heavy atom. The van der Waals surface area contributed by atoms with Crippen LogP contribution in [0.25, 0.3) is 0 Å². The van der Waals surface area contributed by atoms with Crippen molar-refractivity contribution in [2.45, 2.75) is 6.92 Å². The van der Waals surface area contributed by atoms with Gasteiger partial charge < -0.3 is 10.1 Å². The number of rotatable bonds is 5. The van der Waals surface area contributed by atoms with Gasteiger partial charge in [0.05, 0.1) is 11.4 Å². The summed E-state index contributed by atoms with van der Waals surface area (Å²) in [5, 5.41) is 7.49. The molecule has 0 fully saturated rings. The van der Waals surface area contributed by atoms with Crippen LogP contribution in [0.4, 0.5) is 10.5 Å². The van der Waals surface area contributed by atoms with E-state index in [1.807, 2.05) is 54.6 Å². The number of hydrazone groups is 1. The number of benzene rings is 3. The smallest absolute Gasteiger partial charge is 0.339 e. The Kier molecular flexibility index (Phi) is 6.07. The average Bonchev–Trinajstić information content (AvgIpc) is 2.69. The van der Waals surface area contributed by atoms with Crippen LogP contribution < -0.4 is 15.5 Å². The highest BCUT2D eigenvalue weighted by molar-refractivity contribution is 6.30. The van der Waals surface area contributed by atoms with E-state index < -0.39 is 6.03 Å². The monoisotopic (exact) mass is 379 g/mol. The Hall–Kier alpha value is -3.31. The predicted octanol–water partition coefficient (Wildman–Crippen LogP) is 5.68. The number of urea groups is 1. The molecule has 0 aliphatic rings. The van der Waals surface area contributed by atoms with E-state index in [4.69, 9.17) is 16.3 Å². The molecule has 0 atom stereocenters. The molecule has 0 bridgehead atoms. The summed E-state index contributed by atoms with van der Waals surface area (Å²) in [4.78, 5) is 12.2. The van der Waals surface area contributed by atoms with E-state index in [-0.39, 0.29) is 0 Å². The van der Waals surface area contributed by atoms with Crippen LogP contribution in [0.1, 0.15) is 12.5 Å². The van der Waals surface area contributed by atoms with Gasteiger partial charge in [-0.15, -0.1) is 0 Å². The third-order valence-corrected chi connectivity index (χ3v) is 3.95. The van der Waals surface area contributed by atoms with Crippen LogP contribution in [0.2, 0.25) is 5.02 Å². The SMILES string of the molecule is C/C(=N\NC(=O)Nc1ccccc1Oc1ccccc1)c1ccc(Cl)cc1. The topological polar surface area (TPSA) is 62.7 Å². The Balaban J connectivity index is 1.66. The van der Waals surface area contributed by atoms with Gasteiger partial charge in [0.2, 0.25) is 0 Å². The quantitative estimate of drug-likeness (QED) is 0.442. The summed E-state index contributed by atoms with van der Waals surface area (Å²) in [6, 6.07) is 23.3. The van der Waals surface area contributed by atoms with Crippen LogP contribution >= 0.6 is 11.6 Å². The molecule has 3 aromatic rings. The molecule has 0 aliphatic carbocycles. The molecular weight excluding hydrogens is 362 g/mol. The van der Waals surface area contributed by atoms with Crippen LogP contribution in [-0.4, -0.2) is 11.7 Å². The Morgan fingerprint density at radius 3 is 2.33 bits per heavy atom. The fourth-order valence-corrected chi connectivity index (χ4v) is 2.44. The molecule has 0 spiro atoms. The van der Waals surface area contributed by atoms with Crippen molar-refractivity contribution in [3.05, 3.63) is 89.4 Å². The van der Waals surface area contributed by atoms with Crippen molar-refractivity contribution >= 4 is 29.0 Å². The number of carbonyl (C=O) groups is 1. The maximum Gasteiger partial charge on any atom is 0.339 e. The molecule has 2 N–H and O–H groups in total. The fourth-order valence-electron chi connectivity index (χ4n) is 2.31. The van der Waals surface area contributed by atoms with Gasteiger partial charge in [-0.1, -0.05) is 54.1 Å². The predicted molar refractivity (Wildman–Crippen MR) is 109 cm³/mol. The lowest BCUT2D eigenvalue weighted by atomic mass is 10.1. The maximum absolute atomic E-state index is 12.2. The summed E-state index contributed by atoms with van der Waals surface area (Å²) >= 11 is 5.88. The Labute approximate surface area is 162 Å². The van der Waals surface area contributed by atoms with Crippen molar-refractivity contribution in [1.29, 1.82) is 0 Å². The largest absolute Gasteiger partial charge is 0.455 e. The number of hydrogen-bond acceptors (Lipinski definition) is 3. The molecule has 0 aliphatic heterocycles. The van der Waals surface area contributed by atoms with E-state index in [2.05, 4.69) is 15.8 Å². The Bertz CT molecular complexity index is 941. The first kappa shape index (κ1) is 18.5. The van der Waals surface area contributed by atoms with Crippen LogP contribution in [0.5, 0.6) is 11.5 Å². The van der Waals surface area contributed by atoms with E-state index in [1.165, 1.54) is 0 Å². The lowest BCUT2D eigenvalue weighted by molar-refractivity contribution is 0.252. The van der Waals surface area contributed by atoms with Crippen molar-refractivity contribution in [2.24, 2.45) is 5.10 Å². The van der Waals surface area contributed by atoms with Crippen LogP contribution in [-0.2, 0) is 0 Å². The van der Waals surface area contributed by atoms with Crippen molar-refractivity contribution in [1.82, 2.24) is 5.43 Å². The van der Waals surface area contributed by atoms with Gasteiger partial charge in [0.1, 0.15) is 5.75 Å². The minimum Gasteiger partial charge on any atom is -0.455 e. The number of nitrogens with one attached hydrogen (secondary N) is 2. The minimum absolute atomic E-state index is 0.465. The summed E-state index contributed by atoms with van der Waals surface area (Å²) < 4.78 is 5.83. The molecule has 2 amide bonds. The molecule has 6 heteroatoms. The average molecular weight is 380 g/mol. The highest BCUT2D eigenvalue weighted by Crippen LogP contribution is 2.28. The van der Waals surface area contributed by atoms with Crippen LogP contribution in [0.15, 0.2) is 84.0 Å². The first-order valence-electron chi connectivity index (χ1n) is 8.31. The van der Waals surface area contributed by atoms with Gasteiger partial charge >= 0.3 is 6.03 Å². The van der Waals surface area contributed by atoms with Gasteiger partial charge in [-0.2, -0.15) is 5.10 Å². The molecule has 0 unspecified atom stereocenters. The molecule has 3 aromatic carbocycles. The standard InChI is InChI=1S/C21H18ClN3O2/c1-15(16-11-13-17(22)14-12-16)24-25-21(26)23-19-9-5-6-10-20(19)27-18-7-3-2-4-8-18/h2-14H,1H3,(H2,23,25,26)/b24-15+. The van der Waals surface area contributed by atoms with Crippen molar-refractivity contribution in [3.8, 4) is 11.5 Å². The van der Waals surface area contributed by atoms with E-state index >= 15 is 0 Å². The van der Waals surface area contributed by atoms with Gasteiger partial charge in [0.25, 0.3) is 0 Å². The number of hydrogen-bond donors (Lipinski definition) is 2. The summed E-state index contributed by atoms with van der Waals surface area (Å²) in [5.41, 5.74) is 4.56. The van der Waals surface area contributed by atoms with Gasteiger partial charge in [-0.3, -0.25) is 0 Å². The molecule has 3 rings (SSSR count). The van der Waals surface area contributed by atoms with E-state index in [9.17, 15) is 4.79 Å². The molecule has 5 nitrogen and oxygen atoms in total. The third-order valence-electron chi connectivity index (χ3n) is 3.69. The molecule has 0 saturated heterocycles. The van der Waals surface area contributed by atoms with Gasteiger partial charge in [-0.05, 0) is 48.9 Å². The number of para-hydroxylation sites is 3. The first-order chi connectivity index (χ1) is 13.1. The zero-order valence-corrected chi connectivity index (χ0v) is 15.4. The zero-order valence-electron chi connectivity index (χ0n) is 14.6. The fraction of sp³-hybridized carbons (Fsp3) is 0.0476. The second-order valence-corrected chi connectivity index (χ2v) is 6.12. The van der Waals surface area contributed by atoms with Crippen LogP contribution in [0.3, 0.4) is 0 Å². The second-order valence-electron chi connectivity index (χ2n) is 5.68. The van der Waals surface area contributed by atoms with Crippen molar-refractivity contribution < 1.29 is 9.53 Å². The maximum atomic E-state index is 12.2. The number of ether oxygens (including phenoxy) is 1. The molecule has 0 aromatic heterocycles. The molecular formula is C21H18ClN3O2. The lowest BCUT2D eigenvalue weighted by Gasteiger charge is -2.12. The van der Waals surface area contributed by atoms with E-state index in [1.54, 1.807) is 31.2 Å². The van der Waals surface area contributed by atoms with Crippen LogP contribution in [0, 0.1) is 0 Å². The normalized spacial score (nSPS) is 11.0. The highest BCUT2D eigenvalue weighted by atomic mass is 35.5. The number of halogens is 1. The van der Waals surface area contributed by atoms with E-state index in [0.29, 0.717) is 27.9 Å². The highest BCUT2D eigenvalue weighted by Gasteiger charge is 2.08. The number of nitrogens with zero attached hydrogens (tertiary/aromatic N) is 1. The van der Waals surface area contributed by atoms with Crippen molar-refractivity contribution in [2.75, 3.05) is 5.32 Å². The van der Waals surface area contributed by atoms with Gasteiger partial charge in [-0.25, -0.2) is 10.2 Å². The first-order valence-corrected chi connectivity index (χ1v) is 8.69. The van der Waals surface area contributed by atoms with E-state index in [0.717, 1.165) is 5.56 Å². The molecule has 0 saturated carbocycles. The molecule has 0 radical (unpaired) electrons. The third kappa shape index (κ3) is 5.33. The van der Waals surface area contributed by atoms with Gasteiger partial charge in [0.15, 0.2) is 5.75 Å². The number of amides is 2.